The predicted octanol–water partition coefficient (Wildman–Crippen LogP) is 1.17. The first-order valence-corrected chi connectivity index (χ1v) is 8.24. The molecule has 112 valence electrons. The van der Waals surface area contributed by atoms with Gasteiger partial charge in [0.25, 0.3) is 0 Å². The molecule has 0 bridgehead atoms. The summed E-state index contributed by atoms with van der Waals surface area (Å²) in [5, 5.41) is 0. The molecule has 1 aromatic rings. The van der Waals surface area contributed by atoms with E-state index in [9.17, 15) is 13.2 Å². The fraction of sp³-hybridized carbons (Fsp3) is 0.417. The standard InChI is InChI=1S/C12H18N2O4S2/c1-14(2)20(16,17)10-6-4-5-9(12(10)13)19-8-7-11(15)18-3/h4-6H,7-8,13H2,1-3H3. The number of methoxy groups -OCH3 is 1. The summed E-state index contributed by atoms with van der Waals surface area (Å²) in [6.07, 6.45) is 0.241. The van der Waals surface area contributed by atoms with Gasteiger partial charge in [-0.05, 0) is 12.1 Å². The summed E-state index contributed by atoms with van der Waals surface area (Å²) in [5.74, 6) is 0.163. The molecule has 0 amide bonds. The first-order valence-electron chi connectivity index (χ1n) is 5.81. The Morgan fingerprint density at radius 1 is 1.40 bits per heavy atom. The van der Waals surface area contributed by atoms with Gasteiger partial charge in [0.05, 0.1) is 19.2 Å². The molecule has 0 radical (unpaired) electrons. The molecule has 8 heteroatoms. The van der Waals surface area contributed by atoms with Gasteiger partial charge in [-0.3, -0.25) is 4.79 Å². The molecule has 0 saturated carbocycles. The van der Waals surface area contributed by atoms with E-state index in [1.807, 2.05) is 0 Å². The molecule has 0 saturated heterocycles. The molecular formula is C12H18N2O4S2. The second-order valence-electron chi connectivity index (χ2n) is 4.13. The molecule has 1 aromatic carbocycles. The molecule has 20 heavy (non-hydrogen) atoms. The number of carbonyl (C=O) groups excluding carboxylic acids is 1. The quantitative estimate of drug-likeness (QED) is 0.481. The highest BCUT2D eigenvalue weighted by Crippen LogP contribution is 2.31. The number of carbonyl (C=O) groups is 1. The van der Waals surface area contributed by atoms with Crippen LogP contribution in [0.5, 0.6) is 0 Å². The van der Waals surface area contributed by atoms with Gasteiger partial charge in [0, 0.05) is 24.7 Å². The molecule has 0 aliphatic carbocycles. The molecule has 6 nitrogen and oxygen atoms in total. The Hall–Kier alpha value is -1.25. The Morgan fingerprint density at radius 2 is 2.05 bits per heavy atom. The molecule has 0 unspecified atom stereocenters. The molecule has 0 spiro atoms. The van der Waals surface area contributed by atoms with Crippen LogP contribution in [0.25, 0.3) is 0 Å². The van der Waals surface area contributed by atoms with Crippen LogP contribution in [0, 0.1) is 0 Å². The first kappa shape index (κ1) is 16.8. The second kappa shape index (κ2) is 6.96. The van der Waals surface area contributed by atoms with Crippen molar-refractivity contribution in [1.29, 1.82) is 0 Å². The van der Waals surface area contributed by atoms with Gasteiger partial charge in [-0.25, -0.2) is 12.7 Å². The Morgan fingerprint density at radius 3 is 2.60 bits per heavy atom. The number of hydrogen-bond acceptors (Lipinski definition) is 6. The van der Waals surface area contributed by atoms with Crippen LogP contribution in [0.3, 0.4) is 0 Å². The van der Waals surface area contributed by atoms with E-state index in [4.69, 9.17) is 5.73 Å². The summed E-state index contributed by atoms with van der Waals surface area (Å²) in [6, 6.07) is 4.83. The number of nitrogens with two attached hydrogens (primary N) is 1. The molecule has 0 heterocycles. The van der Waals surface area contributed by atoms with Gasteiger partial charge in [0.15, 0.2) is 0 Å². The highest BCUT2D eigenvalue weighted by molar-refractivity contribution is 7.99. The van der Waals surface area contributed by atoms with Gasteiger partial charge in [0.2, 0.25) is 10.0 Å². The number of ether oxygens (including phenoxy) is 1. The number of anilines is 1. The fourth-order valence-electron chi connectivity index (χ4n) is 1.42. The van der Waals surface area contributed by atoms with Crippen LogP contribution in [0.15, 0.2) is 28.0 Å². The average molecular weight is 318 g/mol. The first-order chi connectivity index (χ1) is 9.30. The van der Waals surface area contributed by atoms with E-state index in [1.165, 1.54) is 39.0 Å². The fourth-order valence-corrected chi connectivity index (χ4v) is 3.44. The number of nitrogen functional groups attached to an aromatic ring is 1. The Kier molecular flexibility index (Phi) is 5.85. The van der Waals surface area contributed by atoms with Crippen LogP contribution >= 0.6 is 11.8 Å². The number of nitrogens with zero attached hydrogens (tertiary/aromatic N) is 1. The molecule has 2 N–H and O–H groups in total. The maximum atomic E-state index is 12.1. The van der Waals surface area contributed by atoms with Gasteiger partial charge >= 0.3 is 5.97 Å². The number of para-hydroxylation sites is 1. The van der Waals surface area contributed by atoms with Gasteiger partial charge in [-0.2, -0.15) is 0 Å². The summed E-state index contributed by atoms with van der Waals surface area (Å²) in [5.41, 5.74) is 6.12. The number of benzene rings is 1. The highest BCUT2D eigenvalue weighted by Gasteiger charge is 2.21. The number of thioether (sulfide) groups is 1. The summed E-state index contributed by atoms with van der Waals surface area (Å²) in [7, 11) is 0.653. The van der Waals surface area contributed by atoms with Crippen molar-refractivity contribution in [3.8, 4) is 0 Å². The zero-order chi connectivity index (χ0) is 15.3. The molecule has 0 fully saturated rings. The predicted molar refractivity (Wildman–Crippen MR) is 79.1 cm³/mol. The van der Waals surface area contributed by atoms with E-state index in [2.05, 4.69) is 4.74 Å². The lowest BCUT2D eigenvalue weighted by atomic mass is 10.3. The van der Waals surface area contributed by atoms with Crippen molar-refractivity contribution in [2.45, 2.75) is 16.2 Å². The number of sulfonamides is 1. The summed E-state index contributed by atoms with van der Waals surface area (Å²) < 4.78 is 29.8. The molecule has 0 atom stereocenters. The van der Waals surface area contributed by atoms with E-state index in [-0.39, 0.29) is 23.0 Å². The summed E-state index contributed by atoms with van der Waals surface area (Å²) in [6.45, 7) is 0. The molecular weight excluding hydrogens is 300 g/mol. The van der Waals surface area contributed by atoms with Crippen molar-refractivity contribution in [2.24, 2.45) is 0 Å². The largest absolute Gasteiger partial charge is 0.469 e. The van der Waals surface area contributed by atoms with Gasteiger partial charge < -0.3 is 10.5 Å². The number of rotatable bonds is 6. The maximum Gasteiger partial charge on any atom is 0.306 e. The smallest absolute Gasteiger partial charge is 0.306 e. The van der Waals surface area contributed by atoms with Crippen molar-refractivity contribution in [3.05, 3.63) is 18.2 Å². The van der Waals surface area contributed by atoms with E-state index >= 15 is 0 Å². The minimum absolute atomic E-state index is 0.0746. The number of hydrogen-bond donors (Lipinski definition) is 1. The molecule has 0 aliphatic rings. The third-order valence-electron chi connectivity index (χ3n) is 2.58. The van der Waals surface area contributed by atoms with Gasteiger partial charge in [-0.1, -0.05) is 6.07 Å². The monoisotopic (exact) mass is 318 g/mol. The van der Waals surface area contributed by atoms with Gasteiger partial charge in [-0.15, -0.1) is 11.8 Å². The SMILES string of the molecule is COC(=O)CCSc1cccc(S(=O)(=O)N(C)C)c1N. The Bertz CT molecular complexity index is 585. The van der Waals surface area contributed by atoms with Crippen LogP contribution in [0.1, 0.15) is 6.42 Å². The summed E-state index contributed by atoms with van der Waals surface area (Å²) in [4.78, 5) is 11.7. The third-order valence-corrected chi connectivity index (χ3v) is 5.52. The van der Waals surface area contributed by atoms with Crippen molar-refractivity contribution in [2.75, 3.05) is 32.7 Å². The van der Waals surface area contributed by atoms with Crippen molar-refractivity contribution in [3.63, 3.8) is 0 Å². The molecule has 0 aromatic heterocycles. The maximum absolute atomic E-state index is 12.1. The minimum Gasteiger partial charge on any atom is -0.469 e. The topological polar surface area (TPSA) is 89.7 Å². The second-order valence-corrected chi connectivity index (χ2v) is 7.39. The van der Waals surface area contributed by atoms with Crippen LogP contribution < -0.4 is 5.73 Å². The number of esters is 1. The van der Waals surface area contributed by atoms with Crippen molar-refractivity contribution < 1.29 is 17.9 Å². The van der Waals surface area contributed by atoms with Crippen LogP contribution in [-0.2, 0) is 19.6 Å². The third kappa shape index (κ3) is 3.87. The lowest BCUT2D eigenvalue weighted by Crippen LogP contribution is -2.23. The highest BCUT2D eigenvalue weighted by atomic mass is 32.2. The molecule has 1 rings (SSSR count). The zero-order valence-electron chi connectivity index (χ0n) is 11.6. The van der Waals surface area contributed by atoms with Gasteiger partial charge in [0.1, 0.15) is 4.90 Å². The zero-order valence-corrected chi connectivity index (χ0v) is 13.3. The van der Waals surface area contributed by atoms with Crippen molar-refractivity contribution >= 4 is 33.4 Å². The van der Waals surface area contributed by atoms with Crippen LogP contribution in [0.4, 0.5) is 5.69 Å². The van der Waals surface area contributed by atoms with Crippen LogP contribution in [0.2, 0.25) is 0 Å². The lowest BCUT2D eigenvalue weighted by Gasteiger charge is -2.15. The minimum atomic E-state index is -3.57. The lowest BCUT2D eigenvalue weighted by molar-refractivity contribution is -0.140. The van der Waals surface area contributed by atoms with E-state index < -0.39 is 10.0 Å². The normalized spacial score (nSPS) is 11.6. The molecule has 0 aliphatic heterocycles. The van der Waals surface area contributed by atoms with E-state index in [0.717, 1.165) is 4.31 Å². The van der Waals surface area contributed by atoms with E-state index in [1.54, 1.807) is 12.1 Å². The van der Waals surface area contributed by atoms with Crippen molar-refractivity contribution in [1.82, 2.24) is 4.31 Å². The summed E-state index contributed by atoms with van der Waals surface area (Å²) >= 11 is 1.32. The van der Waals surface area contributed by atoms with E-state index in [0.29, 0.717) is 10.6 Å². The Labute approximate surface area is 123 Å². The average Bonchev–Trinajstić information content (AvgIpc) is 2.40. The Balaban J connectivity index is 2.94. The van der Waals surface area contributed by atoms with Crippen LogP contribution in [-0.4, -0.2) is 45.7 Å².